The fourth-order valence-electron chi connectivity index (χ4n) is 2.83. The minimum absolute atomic E-state index is 0.172. The monoisotopic (exact) mass is 462 g/mol. The first-order valence-corrected chi connectivity index (χ1v) is 10.2. The van der Waals surface area contributed by atoms with Crippen molar-refractivity contribution in [3.05, 3.63) is 51.9 Å². The molecule has 2 aromatic rings. The van der Waals surface area contributed by atoms with Crippen molar-refractivity contribution in [1.82, 2.24) is 4.90 Å². The molecule has 3 rings (SSSR count). The van der Waals surface area contributed by atoms with Crippen molar-refractivity contribution in [3.63, 3.8) is 0 Å². The number of imide groups is 1. The molecule has 10 heteroatoms. The number of rotatable bonds is 7. The number of methoxy groups -OCH3 is 3. The third kappa shape index (κ3) is 5.12. The molecule has 31 heavy (non-hydrogen) atoms. The van der Waals surface area contributed by atoms with Crippen LogP contribution in [0.4, 0.5) is 10.5 Å². The summed E-state index contributed by atoms with van der Waals surface area (Å²) in [6, 6.07) is 9.91. The van der Waals surface area contributed by atoms with Crippen LogP contribution in [0.5, 0.6) is 17.2 Å². The van der Waals surface area contributed by atoms with Crippen LogP contribution in [0.3, 0.4) is 0 Å². The van der Waals surface area contributed by atoms with Crippen LogP contribution in [0.1, 0.15) is 5.56 Å². The lowest BCUT2D eigenvalue weighted by Gasteiger charge is -2.13. The van der Waals surface area contributed by atoms with Gasteiger partial charge in [0.1, 0.15) is 12.3 Å². The van der Waals surface area contributed by atoms with Gasteiger partial charge in [-0.2, -0.15) is 0 Å². The van der Waals surface area contributed by atoms with E-state index in [0.717, 1.165) is 16.7 Å². The largest absolute Gasteiger partial charge is 0.497 e. The maximum Gasteiger partial charge on any atom is 0.294 e. The first kappa shape index (κ1) is 22.5. The number of hydrogen-bond donors (Lipinski definition) is 1. The summed E-state index contributed by atoms with van der Waals surface area (Å²) in [4.78, 5) is 38.4. The van der Waals surface area contributed by atoms with E-state index in [1.165, 1.54) is 27.4 Å². The first-order valence-electron chi connectivity index (χ1n) is 8.97. The second-order valence-electron chi connectivity index (χ2n) is 6.28. The van der Waals surface area contributed by atoms with Crippen LogP contribution in [0, 0.1) is 0 Å². The normalized spacial score (nSPS) is 14.7. The molecule has 1 aliphatic heterocycles. The van der Waals surface area contributed by atoms with Gasteiger partial charge in [0.05, 0.1) is 31.3 Å². The highest BCUT2D eigenvalue weighted by molar-refractivity contribution is 8.18. The summed E-state index contributed by atoms with van der Waals surface area (Å²) in [6.45, 7) is -0.402. The minimum Gasteiger partial charge on any atom is -0.497 e. The number of nitrogens with one attached hydrogen (secondary N) is 1. The molecule has 0 aliphatic carbocycles. The minimum atomic E-state index is -0.564. The molecule has 0 radical (unpaired) electrons. The molecule has 1 aliphatic rings. The van der Waals surface area contributed by atoms with Crippen LogP contribution in [-0.2, 0) is 9.59 Å². The molecule has 1 N–H and O–H groups in total. The Morgan fingerprint density at radius 2 is 1.81 bits per heavy atom. The molecule has 0 atom stereocenters. The zero-order chi connectivity index (χ0) is 22.5. The number of benzene rings is 2. The van der Waals surface area contributed by atoms with Gasteiger partial charge in [-0.05, 0) is 59.8 Å². The van der Waals surface area contributed by atoms with Gasteiger partial charge in [-0.1, -0.05) is 11.6 Å². The number of anilines is 1. The Hall–Kier alpha value is -3.17. The lowest BCUT2D eigenvalue weighted by molar-refractivity contribution is -0.127. The van der Waals surface area contributed by atoms with Crippen molar-refractivity contribution in [2.75, 3.05) is 33.2 Å². The van der Waals surface area contributed by atoms with Crippen molar-refractivity contribution in [2.24, 2.45) is 0 Å². The fourth-order valence-corrected chi connectivity index (χ4v) is 3.96. The van der Waals surface area contributed by atoms with Crippen LogP contribution in [0.15, 0.2) is 41.3 Å². The number of halogens is 1. The van der Waals surface area contributed by atoms with Gasteiger partial charge in [-0.25, -0.2) is 0 Å². The molecule has 8 nitrogen and oxygen atoms in total. The molecule has 2 aromatic carbocycles. The molecule has 0 bridgehead atoms. The van der Waals surface area contributed by atoms with Gasteiger partial charge in [0, 0.05) is 5.69 Å². The van der Waals surface area contributed by atoms with E-state index >= 15 is 0 Å². The molecule has 162 valence electrons. The summed E-state index contributed by atoms with van der Waals surface area (Å²) in [5.74, 6) is 0.335. The predicted molar refractivity (Wildman–Crippen MR) is 119 cm³/mol. The summed E-state index contributed by atoms with van der Waals surface area (Å²) in [7, 11) is 4.47. The highest BCUT2D eigenvalue weighted by atomic mass is 35.5. The Kier molecular flexibility index (Phi) is 7.09. The first-order chi connectivity index (χ1) is 14.9. The molecular weight excluding hydrogens is 444 g/mol. The molecule has 0 unspecified atom stereocenters. The SMILES string of the molecule is COc1ccc(NC(=O)CN2C(=O)S/C(=C\c3cc(Cl)c(OC)c(OC)c3)C2=O)cc1. The number of hydrogen-bond acceptors (Lipinski definition) is 7. The van der Waals surface area contributed by atoms with Gasteiger partial charge < -0.3 is 19.5 Å². The van der Waals surface area contributed by atoms with Gasteiger partial charge >= 0.3 is 0 Å². The molecule has 1 heterocycles. The van der Waals surface area contributed by atoms with Crippen molar-refractivity contribution < 1.29 is 28.6 Å². The summed E-state index contributed by atoms with van der Waals surface area (Å²) in [5, 5.41) is 2.41. The number of carbonyl (C=O) groups excluding carboxylic acids is 3. The summed E-state index contributed by atoms with van der Waals surface area (Å²) >= 11 is 6.94. The van der Waals surface area contributed by atoms with Gasteiger partial charge in [0.15, 0.2) is 11.5 Å². The maximum absolute atomic E-state index is 12.7. The highest BCUT2D eigenvalue weighted by Crippen LogP contribution is 2.38. The van der Waals surface area contributed by atoms with Gasteiger partial charge in [-0.15, -0.1) is 0 Å². The number of ether oxygens (including phenoxy) is 3. The lowest BCUT2D eigenvalue weighted by atomic mass is 10.2. The van der Waals surface area contributed by atoms with E-state index in [9.17, 15) is 14.4 Å². The summed E-state index contributed by atoms with van der Waals surface area (Å²) in [6.07, 6.45) is 1.51. The Labute approximate surface area is 188 Å². The Morgan fingerprint density at radius 1 is 1.10 bits per heavy atom. The van der Waals surface area contributed by atoms with Crippen molar-refractivity contribution >= 4 is 52.2 Å². The van der Waals surface area contributed by atoms with Crippen molar-refractivity contribution in [2.45, 2.75) is 0 Å². The predicted octanol–water partition coefficient (Wildman–Crippen LogP) is 4.04. The highest BCUT2D eigenvalue weighted by Gasteiger charge is 2.36. The topological polar surface area (TPSA) is 94.2 Å². The van der Waals surface area contributed by atoms with E-state index in [2.05, 4.69) is 5.32 Å². The van der Waals surface area contributed by atoms with E-state index in [4.69, 9.17) is 25.8 Å². The zero-order valence-corrected chi connectivity index (χ0v) is 18.5. The van der Waals surface area contributed by atoms with Crippen LogP contribution < -0.4 is 19.5 Å². The Morgan fingerprint density at radius 3 is 2.42 bits per heavy atom. The number of nitrogens with zero attached hydrogens (tertiary/aromatic N) is 1. The Bertz CT molecular complexity index is 1050. The molecule has 1 saturated heterocycles. The zero-order valence-electron chi connectivity index (χ0n) is 16.9. The average molecular weight is 463 g/mol. The van der Waals surface area contributed by atoms with Crippen LogP contribution >= 0.6 is 23.4 Å². The van der Waals surface area contributed by atoms with Gasteiger partial charge in [-0.3, -0.25) is 19.3 Å². The van der Waals surface area contributed by atoms with E-state index < -0.39 is 23.6 Å². The molecule has 3 amide bonds. The number of carbonyl (C=O) groups is 3. The Balaban J connectivity index is 1.73. The van der Waals surface area contributed by atoms with Crippen LogP contribution in [0.2, 0.25) is 5.02 Å². The third-order valence-corrected chi connectivity index (χ3v) is 5.49. The summed E-state index contributed by atoms with van der Waals surface area (Å²) < 4.78 is 15.5. The van der Waals surface area contributed by atoms with E-state index in [1.807, 2.05) is 0 Å². The maximum atomic E-state index is 12.7. The van der Waals surface area contributed by atoms with E-state index in [1.54, 1.807) is 36.4 Å². The lowest BCUT2D eigenvalue weighted by Crippen LogP contribution is -2.36. The molecule has 0 saturated carbocycles. The van der Waals surface area contributed by atoms with Crippen LogP contribution in [-0.4, -0.2) is 49.8 Å². The van der Waals surface area contributed by atoms with E-state index in [0.29, 0.717) is 33.5 Å². The van der Waals surface area contributed by atoms with Crippen molar-refractivity contribution in [1.29, 1.82) is 0 Å². The second-order valence-corrected chi connectivity index (χ2v) is 7.68. The molecule has 0 aromatic heterocycles. The smallest absolute Gasteiger partial charge is 0.294 e. The van der Waals surface area contributed by atoms with Crippen molar-refractivity contribution in [3.8, 4) is 17.2 Å². The standard InChI is InChI=1S/C21H19ClN2O6S/c1-28-14-6-4-13(5-7-14)23-18(25)11-24-20(26)17(31-21(24)27)10-12-8-15(22)19(30-3)16(9-12)29-2/h4-10H,11H2,1-3H3,(H,23,25)/b17-10-. The summed E-state index contributed by atoms with van der Waals surface area (Å²) in [5.41, 5.74) is 1.07. The fraction of sp³-hybridized carbons (Fsp3) is 0.190. The van der Waals surface area contributed by atoms with E-state index in [-0.39, 0.29) is 4.91 Å². The quantitative estimate of drug-likeness (QED) is 0.620. The number of thioether (sulfide) groups is 1. The average Bonchev–Trinajstić information content (AvgIpc) is 3.01. The number of amides is 3. The van der Waals surface area contributed by atoms with Gasteiger partial charge in [0.2, 0.25) is 5.91 Å². The molecule has 1 fully saturated rings. The third-order valence-electron chi connectivity index (χ3n) is 4.30. The second kappa shape index (κ2) is 9.76. The van der Waals surface area contributed by atoms with Crippen LogP contribution in [0.25, 0.3) is 6.08 Å². The molecule has 0 spiro atoms. The van der Waals surface area contributed by atoms with Gasteiger partial charge in [0.25, 0.3) is 11.1 Å². The molecular formula is C21H19ClN2O6S.